The number of nitrogens with one attached hydrogen (secondary N) is 1. The maximum Gasteiger partial charge on any atom is 0.137 e. The Hall–Kier alpha value is -0.410. The quantitative estimate of drug-likeness (QED) is 0.808. The molecule has 0 aliphatic heterocycles. The molecule has 102 valence electrons. The van der Waals surface area contributed by atoms with Crippen LogP contribution in [0.1, 0.15) is 33.3 Å². The molecule has 0 aliphatic carbocycles. The number of benzene rings is 1. The summed E-state index contributed by atoms with van der Waals surface area (Å²) < 4.78 is 13.6. The minimum absolute atomic E-state index is 0.207. The van der Waals surface area contributed by atoms with Crippen molar-refractivity contribution >= 4 is 15.9 Å². The fourth-order valence-electron chi connectivity index (χ4n) is 2.27. The van der Waals surface area contributed by atoms with Gasteiger partial charge in [0, 0.05) is 6.54 Å². The molecule has 0 unspecified atom stereocenters. The molecule has 3 heteroatoms. The summed E-state index contributed by atoms with van der Waals surface area (Å²) in [6, 6.07) is 5.17. The lowest BCUT2D eigenvalue weighted by Gasteiger charge is -2.25. The molecular weight excluding hydrogens is 293 g/mol. The van der Waals surface area contributed by atoms with Crippen LogP contribution in [0, 0.1) is 23.6 Å². The summed E-state index contributed by atoms with van der Waals surface area (Å²) in [4.78, 5) is 0. The second-order valence-electron chi connectivity index (χ2n) is 5.53. The molecule has 0 bridgehead atoms. The maximum atomic E-state index is 13.1. The van der Waals surface area contributed by atoms with Crippen LogP contribution in [0.15, 0.2) is 22.7 Å². The van der Waals surface area contributed by atoms with E-state index in [0.717, 1.165) is 18.7 Å². The molecule has 1 N–H and O–H groups in total. The van der Waals surface area contributed by atoms with Crippen molar-refractivity contribution < 1.29 is 4.39 Å². The van der Waals surface area contributed by atoms with Gasteiger partial charge < -0.3 is 5.32 Å². The van der Waals surface area contributed by atoms with Gasteiger partial charge in [-0.05, 0) is 57.9 Å². The van der Waals surface area contributed by atoms with E-state index in [9.17, 15) is 4.39 Å². The largest absolute Gasteiger partial charge is 0.312 e. The molecule has 1 rings (SSSR count). The fraction of sp³-hybridized carbons (Fsp3) is 0.600. The van der Waals surface area contributed by atoms with Gasteiger partial charge in [-0.3, -0.25) is 0 Å². The van der Waals surface area contributed by atoms with Crippen molar-refractivity contribution in [3.8, 4) is 0 Å². The van der Waals surface area contributed by atoms with Crippen molar-refractivity contribution in [2.75, 3.05) is 6.54 Å². The van der Waals surface area contributed by atoms with Gasteiger partial charge in [0.2, 0.25) is 0 Å². The van der Waals surface area contributed by atoms with E-state index in [2.05, 4.69) is 48.9 Å². The molecule has 0 amide bonds. The summed E-state index contributed by atoms with van der Waals surface area (Å²) in [5, 5.41) is 3.47. The van der Waals surface area contributed by atoms with Crippen LogP contribution in [0.2, 0.25) is 0 Å². The zero-order valence-corrected chi connectivity index (χ0v) is 13.2. The first-order chi connectivity index (χ1) is 8.41. The molecule has 1 nitrogen and oxygen atoms in total. The number of rotatable bonds is 6. The molecule has 1 aromatic rings. The van der Waals surface area contributed by atoms with Gasteiger partial charge in [0.25, 0.3) is 0 Å². The third kappa shape index (κ3) is 4.69. The van der Waals surface area contributed by atoms with Crippen LogP contribution in [-0.2, 0) is 6.54 Å². The van der Waals surface area contributed by atoms with Crippen LogP contribution in [0.3, 0.4) is 0 Å². The zero-order valence-electron chi connectivity index (χ0n) is 11.6. The van der Waals surface area contributed by atoms with Gasteiger partial charge in [-0.1, -0.05) is 33.8 Å². The molecule has 0 radical (unpaired) electrons. The predicted octanol–water partition coefficient (Wildman–Crippen LogP) is 4.61. The molecule has 0 fully saturated rings. The Bertz CT molecular complexity index is 369. The summed E-state index contributed by atoms with van der Waals surface area (Å²) in [6.07, 6.45) is 0. The summed E-state index contributed by atoms with van der Waals surface area (Å²) in [5.74, 6) is 1.82. The van der Waals surface area contributed by atoms with Crippen LogP contribution >= 0.6 is 15.9 Å². The van der Waals surface area contributed by atoms with Gasteiger partial charge in [-0.25, -0.2) is 4.39 Å². The van der Waals surface area contributed by atoms with Crippen molar-refractivity contribution in [3.05, 3.63) is 34.1 Å². The highest BCUT2D eigenvalue weighted by Crippen LogP contribution is 2.20. The monoisotopic (exact) mass is 315 g/mol. The smallest absolute Gasteiger partial charge is 0.137 e. The predicted molar refractivity (Wildman–Crippen MR) is 79.0 cm³/mol. The first-order valence-corrected chi connectivity index (χ1v) is 7.35. The second kappa shape index (κ2) is 7.25. The molecule has 0 saturated carbocycles. The van der Waals surface area contributed by atoms with E-state index in [0.29, 0.717) is 22.2 Å². The lowest BCUT2D eigenvalue weighted by Crippen LogP contribution is -2.29. The molecule has 0 aliphatic rings. The lowest BCUT2D eigenvalue weighted by atomic mass is 9.85. The molecule has 0 spiro atoms. The normalized spacial score (nSPS) is 11.8. The summed E-state index contributed by atoms with van der Waals surface area (Å²) in [6.45, 7) is 10.8. The summed E-state index contributed by atoms with van der Waals surface area (Å²) in [5.41, 5.74) is 1.11. The number of hydrogen-bond donors (Lipinski definition) is 1. The Kier molecular flexibility index (Phi) is 6.30. The zero-order chi connectivity index (χ0) is 13.7. The van der Waals surface area contributed by atoms with E-state index < -0.39 is 0 Å². The lowest BCUT2D eigenvalue weighted by molar-refractivity contribution is 0.275. The molecule has 0 heterocycles. The molecule has 18 heavy (non-hydrogen) atoms. The third-order valence-corrected chi connectivity index (χ3v) is 4.01. The van der Waals surface area contributed by atoms with Gasteiger partial charge in [-0.15, -0.1) is 0 Å². The van der Waals surface area contributed by atoms with Crippen molar-refractivity contribution in [3.63, 3.8) is 0 Å². The summed E-state index contributed by atoms with van der Waals surface area (Å²) >= 11 is 3.21. The number of hydrogen-bond acceptors (Lipinski definition) is 1. The highest BCUT2D eigenvalue weighted by Gasteiger charge is 2.16. The average Bonchev–Trinajstić information content (AvgIpc) is 2.28. The minimum atomic E-state index is -0.207. The van der Waals surface area contributed by atoms with Crippen LogP contribution in [0.4, 0.5) is 4.39 Å². The van der Waals surface area contributed by atoms with Crippen LogP contribution in [0.25, 0.3) is 0 Å². The van der Waals surface area contributed by atoms with Gasteiger partial charge in [0.1, 0.15) is 5.82 Å². The summed E-state index contributed by atoms with van der Waals surface area (Å²) in [7, 11) is 0. The van der Waals surface area contributed by atoms with E-state index in [1.54, 1.807) is 0 Å². The molecule has 0 saturated heterocycles. The van der Waals surface area contributed by atoms with Gasteiger partial charge in [0.15, 0.2) is 0 Å². The molecular formula is C15H23BrFN. The van der Waals surface area contributed by atoms with Gasteiger partial charge in [-0.2, -0.15) is 0 Å². The van der Waals surface area contributed by atoms with Crippen molar-refractivity contribution in [1.82, 2.24) is 5.32 Å². The Labute approximate surface area is 118 Å². The number of halogens is 2. The van der Waals surface area contributed by atoms with Crippen molar-refractivity contribution in [2.45, 2.75) is 34.2 Å². The maximum absolute atomic E-state index is 13.1. The SMILES string of the molecule is CC(C)C(CNCc1ccc(F)c(Br)c1)C(C)C. The topological polar surface area (TPSA) is 12.0 Å². The van der Waals surface area contributed by atoms with Crippen molar-refractivity contribution in [1.29, 1.82) is 0 Å². The van der Waals surface area contributed by atoms with Crippen LogP contribution < -0.4 is 5.32 Å². The van der Waals surface area contributed by atoms with Crippen LogP contribution in [-0.4, -0.2) is 6.54 Å². The van der Waals surface area contributed by atoms with Gasteiger partial charge >= 0.3 is 0 Å². The fourth-order valence-corrected chi connectivity index (χ4v) is 2.70. The second-order valence-corrected chi connectivity index (χ2v) is 6.39. The Morgan fingerprint density at radius 1 is 1.17 bits per heavy atom. The van der Waals surface area contributed by atoms with E-state index in [-0.39, 0.29) is 5.82 Å². The standard InChI is InChI=1S/C15H23BrFN/c1-10(2)13(11(3)4)9-18-8-12-5-6-15(17)14(16)7-12/h5-7,10-11,13,18H,8-9H2,1-4H3. The Morgan fingerprint density at radius 2 is 1.78 bits per heavy atom. The Balaban J connectivity index is 2.47. The molecule has 0 aromatic heterocycles. The van der Waals surface area contributed by atoms with Crippen molar-refractivity contribution in [2.24, 2.45) is 17.8 Å². The minimum Gasteiger partial charge on any atom is -0.312 e. The third-order valence-electron chi connectivity index (χ3n) is 3.41. The molecule has 0 atom stereocenters. The highest BCUT2D eigenvalue weighted by molar-refractivity contribution is 9.10. The van der Waals surface area contributed by atoms with E-state index in [4.69, 9.17) is 0 Å². The van der Waals surface area contributed by atoms with Gasteiger partial charge in [0.05, 0.1) is 4.47 Å². The van der Waals surface area contributed by atoms with Crippen LogP contribution in [0.5, 0.6) is 0 Å². The first-order valence-electron chi connectivity index (χ1n) is 6.56. The van der Waals surface area contributed by atoms with E-state index >= 15 is 0 Å². The first kappa shape index (κ1) is 15.6. The van der Waals surface area contributed by atoms with E-state index in [1.807, 2.05) is 12.1 Å². The average molecular weight is 316 g/mol. The Morgan fingerprint density at radius 3 is 2.28 bits per heavy atom. The van der Waals surface area contributed by atoms with E-state index in [1.165, 1.54) is 6.07 Å². The highest BCUT2D eigenvalue weighted by atomic mass is 79.9. The molecule has 1 aromatic carbocycles.